The molecule has 1 amide bonds. The number of thioether (sulfide) groups is 1. The molecule has 0 saturated heterocycles. The fourth-order valence-corrected chi connectivity index (χ4v) is 4.14. The van der Waals surface area contributed by atoms with E-state index in [1.807, 2.05) is 35.7 Å². The Balaban J connectivity index is 1.97. The normalized spacial score (nSPS) is 16.5. The molecular weight excluding hydrogens is 418 g/mol. The predicted octanol–water partition coefficient (Wildman–Crippen LogP) is 4.71. The van der Waals surface area contributed by atoms with Gasteiger partial charge in [0, 0.05) is 21.9 Å². The highest BCUT2D eigenvalue weighted by Gasteiger charge is 2.30. The van der Waals surface area contributed by atoms with Crippen molar-refractivity contribution < 1.29 is 14.3 Å². The molecular formula is C22H21N3O3S2. The van der Waals surface area contributed by atoms with Crippen molar-refractivity contribution in [1.82, 2.24) is 5.32 Å². The van der Waals surface area contributed by atoms with Crippen molar-refractivity contribution in [3.05, 3.63) is 81.7 Å². The number of thiophene rings is 1. The Kier molecular flexibility index (Phi) is 7.37. The Labute approximate surface area is 183 Å². The van der Waals surface area contributed by atoms with Crippen LogP contribution >= 0.6 is 23.1 Å². The number of alkyl carbamates (subject to hydrolysis) is 1. The first-order valence-electron chi connectivity index (χ1n) is 9.14. The number of amides is 1. The molecule has 0 bridgehead atoms. The smallest absolute Gasteiger partial charge is 0.412 e. The molecule has 154 valence electrons. The van der Waals surface area contributed by atoms with Crippen molar-refractivity contribution in [2.75, 3.05) is 13.4 Å². The molecule has 1 atom stereocenters. The lowest BCUT2D eigenvalue weighted by Crippen LogP contribution is -2.30. The summed E-state index contributed by atoms with van der Waals surface area (Å²) in [5.74, 6) is -0.527. The van der Waals surface area contributed by atoms with Crippen molar-refractivity contribution in [3.8, 4) is 0 Å². The van der Waals surface area contributed by atoms with E-state index in [0.29, 0.717) is 28.4 Å². The molecule has 0 saturated carbocycles. The number of Topliss-reactive ketones (excluding diaryl/α,β-unsaturated/α-hetero) is 1. The lowest BCUT2D eigenvalue weighted by molar-refractivity contribution is 0.102. The zero-order valence-corrected chi connectivity index (χ0v) is 18.2. The second-order valence-corrected chi connectivity index (χ2v) is 8.18. The number of hydrogen-bond donors (Lipinski definition) is 2. The van der Waals surface area contributed by atoms with Crippen molar-refractivity contribution in [2.24, 2.45) is 10.9 Å². The molecule has 0 fully saturated rings. The van der Waals surface area contributed by atoms with E-state index >= 15 is 0 Å². The fraction of sp³-hybridized carbons (Fsp3) is 0.182. The first-order valence-corrected chi connectivity index (χ1v) is 11.2. The molecule has 1 aliphatic carbocycles. The van der Waals surface area contributed by atoms with Gasteiger partial charge in [0.2, 0.25) is 0 Å². The summed E-state index contributed by atoms with van der Waals surface area (Å²) in [4.78, 5) is 30.2. The largest absolute Gasteiger partial charge is 0.453 e. The van der Waals surface area contributed by atoms with Crippen LogP contribution in [0.5, 0.6) is 0 Å². The Morgan fingerprint density at radius 1 is 1.20 bits per heavy atom. The molecule has 1 unspecified atom stereocenters. The summed E-state index contributed by atoms with van der Waals surface area (Å²) in [5, 5.41) is 13.6. The third-order valence-corrected chi connectivity index (χ3v) is 5.99. The monoisotopic (exact) mass is 439 g/mol. The van der Waals surface area contributed by atoms with E-state index in [0.717, 1.165) is 4.88 Å². The van der Waals surface area contributed by atoms with Gasteiger partial charge in [-0.1, -0.05) is 54.2 Å². The number of hydrogen-bond acceptors (Lipinski definition) is 7. The third-order valence-electron chi connectivity index (χ3n) is 4.51. The predicted molar refractivity (Wildman–Crippen MR) is 123 cm³/mol. The first-order chi connectivity index (χ1) is 14.5. The molecule has 1 aromatic carbocycles. The van der Waals surface area contributed by atoms with Crippen LogP contribution in [-0.2, 0) is 11.2 Å². The molecule has 1 aliphatic rings. The number of aliphatic imine (C=N–C) groups is 1. The summed E-state index contributed by atoms with van der Waals surface area (Å²) in [7, 11) is 1.27. The zero-order valence-electron chi connectivity index (χ0n) is 16.5. The highest BCUT2D eigenvalue weighted by Crippen LogP contribution is 2.30. The maximum Gasteiger partial charge on any atom is 0.412 e. The van der Waals surface area contributed by atoms with Crippen molar-refractivity contribution >= 4 is 45.9 Å². The minimum absolute atomic E-state index is 0.0982. The van der Waals surface area contributed by atoms with E-state index in [1.165, 1.54) is 18.9 Å². The summed E-state index contributed by atoms with van der Waals surface area (Å²) in [6.07, 6.45) is 5.06. The molecule has 30 heavy (non-hydrogen) atoms. The average molecular weight is 440 g/mol. The van der Waals surface area contributed by atoms with Crippen LogP contribution in [0.4, 0.5) is 4.79 Å². The number of nitrogens with zero attached hydrogens (tertiary/aromatic N) is 1. The van der Waals surface area contributed by atoms with Gasteiger partial charge in [-0.25, -0.2) is 9.79 Å². The van der Waals surface area contributed by atoms with Crippen LogP contribution in [0.15, 0.2) is 76.3 Å². The third kappa shape index (κ3) is 5.14. The van der Waals surface area contributed by atoms with Crippen LogP contribution in [0.2, 0.25) is 0 Å². The number of amidine groups is 1. The number of ketones is 1. The number of carbonyl (C=O) groups is 2. The summed E-state index contributed by atoms with van der Waals surface area (Å²) >= 11 is 2.83. The molecule has 2 N–H and O–H groups in total. The Morgan fingerprint density at radius 2 is 1.97 bits per heavy atom. The number of methoxy groups -OCH3 is 1. The average Bonchev–Trinajstić information content (AvgIpc) is 3.29. The number of nitrogens with one attached hydrogen (secondary N) is 2. The van der Waals surface area contributed by atoms with Gasteiger partial charge in [0.15, 0.2) is 11.0 Å². The van der Waals surface area contributed by atoms with Crippen LogP contribution in [0.3, 0.4) is 0 Å². The lowest BCUT2D eigenvalue weighted by Gasteiger charge is -2.24. The van der Waals surface area contributed by atoms with Crippen molar-refractivity contribution in [2.45, 2.75) is 6.42 Å². The van der Waals surface area contributed by atoms with E-state index in [2.05, 4.69) is 15.0 Å². The van der Waals surface area contributed by atoms with Gasteiger partial charge >= 0.3 is 6.09 Å². The van der Waals surface area contributed by atoms with E-state index < -0.39 is 12.0 Å². The quantitative estimate of drug-likeness (QED) is 0.401. The standard InChI is InChI=1S/C22H21N3O3S2/c1-28-22(27)25-21(29-2)24-18-11-10-16(20(26)14-7-4-3-5-8-14)17(19(18)23)13-15-9-6-12-30-15/h3-12,17,23H,13H2,1-2H3,(H,24,25,27). The summed E-state index contributed by atoms with van der Waals surface area (Å²) < 4.78 is 4.61. The number of allylic oxidation sites excluding steroid dienone is 4. The number of benzene rings is 1. The summed E-state index contributed by atoms with van der Waals surface area (Å²) in [6.45, 7) is 0. The zero-order chi connectivity index (χ0) is 21.5. The Bertz CT molecular complexity index is 1030. The van der Waals surface area contributed by atoms with E-state index in [-0.39, 0.29) is 11.5 Å². The van der Waals surface area contributed by atoms with E-state index in [4.69, 9.17) is 5.41 Å². The molecule has 0 spiro atoms. The van der Waals surface area contributed by atoms with Gasteiger partial charge in [-0.05, 0) is 30.2 Å². The fourth-order valence-electron chi connectivity index (χ4n) is 3.01. The van der Waals surface area contributed by atoms with Crippen LogP contribution in [0, 0.1) is 11.3 Å². The van der Waals surface area contributed by atoms with Gasteiger partial charge < -0.3 is 10.1 Å². The topological polar surface area (TPSA) is 91.6 Å². The van der Waals surface area contributed by atoms with E-state index in [9.17, 15) is 9.59 Å². The van der Waals surface area contributed by atoms with E-state index in [1.54, 1.807) is 41.9 Å². The van der Waals surface area contributed by atoms with Crippen molar-refractivity contribution in [3.63, 3.8) is 0 Å². The van der Waals surface area contributed by atoms with Crippen LogP contribution in [-0.4, -0.2) is 36.1 Å². The maximum absolute atomic E-state index is 13.1. The first kappa shape index (κ1) is 21.7. The minimum atomic E-state index is -0.628. The van der Waals surface area contributed by atoms with Gasteiger partial charge in [0.05, 0.1) is 18.5 Å². The SMILES string of the molecule is COC(=O)NC(=NC1=CC=C(C(=O)c2ccccc2)C(Cc2cccs2)C1=N)SC. The Hall–Kier alpha value is -2.97. The highest BCUT2D eigenvalue weighted by atomic mass is 32.2. The summed E-state index contributed by atoms with van der Waals surface area (Å²) in [6, 6.07) is 13.0. The molecule has 1 heterocycles. The second kappa shape index (κ2) is 10.2. The molecule has 3 rings (SSSR count). The second-order valence-electron chi connectivity index (χ2n) is 6.36. The molecule has 1 aromatic heterocycles. The maximum atomic E-state index is 13.1. The minimum Gasteiger partial charge on any atom is -0.453 e. The molecule has 0 aliphatic heterocycles. The van der Waals surface area contributed by atoms with Crippen molar-refractivity contribution in [1.29, 1.82) is 5.41 Å². The molecule has 6 nitrogen and oxygen atoms in total. The molecule has 2 aromatic rings. The van der Waals surface area contributed by atoms with Gasteiger partial charge in [-0.15, -0.1) is 11.3 Å². The number of ether oxygens (including phenoxy) is 1. The van der Waals surface area contributed by atoms with Crippen LogP contribution < -0.4 is 5.32 Å². The lowest BCUT2D eigenvalue weighted by atomic mass is 9.81. The van der Waals surface area contributed by atoms with Crippen LogP contribution in [0.1, 0.15) is 15.2 Å². The highest BCUT2D eigenvalue weighted by molar-refractivity contribution is 8.13. The van der Waals surface area contributed by atoms with Gasteiger partial charge in [-0.2, -0.15) is 0 Å². The molecule has 8 heteroatoms. The van der Waals surface area contributed by atoms with Crippen LogP contribution in [0.25, 0.3) is 0 Å². The van der Waals surface area contributed by atoms with Gasteiger partial charge in [0.1, 0.15) is 0 Å². The Morgan fingerprint density at radius 3 is 2.60 bits per heavy atom. The summed E-state index contributed by atoms with van der Waals surface area (Å²) in [5.41, 5.74) is 1.79. The van der Waals surface area contributed by atoms with Gasteiger partial charge in [0.25, 0.3) is 0 Å². The number of rotatable bonds is 5. The molecule has 0 radical (unpaired) electrons. The number of carbonyl (C=O) groups excluding carboxylic acids is 2. The van der Waals surface area contributed by atoms with Gasteiger partial charge in [-0.3, -0.25) is 10.1 Å².